The molecule has 1 saturated carbocycles. The number of allylic oxidation sites excluding steroid dienone is 1. The van der Waals surface area contributed by atoms with Crippen molar-refractivity contribution in [2.45, 2.75) is 37.7 Å². The number of ketones is 1. The Labute approximate surface area is 129 Å². The Hall–Kier alpha value is -1.61. The molecule has 3 atom stereocenters. The van der Waals surface area contributed by atoms with E-state index in [-0.39, 0.29) is 11.7 Å². The lowest BCUT2D eigenvalue weighted by Gasteiger charge is -2.38. The van der Waals surface area contributed by atoms with E-state index in [1.54, 1.807) is 31.2 Å². The first-order valence-electron chi connectivity index (χ1n) is 6.96. The lowest BCUT2D eigenvalue weighted by molar-refractivity contribution is -0.128. The zero-order valence-electron chi connectivity index (χ0n) is 12.3. The molecule has 0 heterocycles. The first-order chi connectivity index (χ1) is 9.82. The summed E-state index contributed by atoms with van der Waals surface area (Å²) in [5.74, 6) is -0.546. The second kappa shape index (κ2) is 6.02. The zero-order chi connectivity index (χ0) is 15.6. The number of alkyl halides is 1. The predicted molar refractivity (Wildman–Crippen MR) is 82.4 cm³/mol. The van der Waals surface area contributed by atoms with Crippen LogP contribution in [0, 0.1) is 5.92 Å². The van der Waals surface area contributed by atoms with Gasteiger partial charge in [-0.05, 0) is 38.3 Å². The molecule has 0 unspecified atom stereocenters. The van der Waals surface area contributed by atoms with Crippen LogP contribution in [0.1, 0.15) is 37.0 Å². The molecule has 1 aliphatic carbocycles. The van der Waals surface area contributed by atoms with Gasteiger partial charge in [-0.3, -0.25) is 4.79 Å². The Kier molecular flexibility index (Phi) is 4.52. The number of ether oxygens (including phenoxy) is 1. The van der Waals surface area contributed by atoms with Crippen LogP contribution in [0.5, 0.6) is 0 Å². The molecule has 0 N–H and O–H groups in total. The van der Waals surface area contributed by atoms with Crippen molar-refractivity contribution in [3.05, 3.63) is 48.0 Å². The summed E-state index contributed by atoms with van der Waals surface area (Å²) in [6.07, 6.45) is 0.240. The highest BCUT2D eigenvalue weighted by molar-refractivity contribution is 6.35. The molecule has 1 aliphatic rings. The Balaban J connectivity index is 2.17. The van der Waals surface area contributed by atoms with E-state index >= 15 is 0 Å². The van der Waals surface area contributed by atoms with Gasteiger partial charge in [-0.25, -0.2) is 4.79 Å². The van der Waals surface area contributed by atoms with Crippen molar-refractivity contribution in [3.8, 4) is 0 Å². The molecule has 0 amide bonds. The van der Waals surface area contributed by atoms with E-state index in [1.165, 1.54) is 0 Å². The third-order valence-electron chi connectivity index (χ3n) is 4.04. The summed E-state index contributed by atoms with van der Waals surface area (Å²) in [5, 5.41) is 0. The van der Waals surface area contributed by atoms with Gasteiger partial charge in [0.25, 0.3) is 0 Å². The number of hydrogen-bond acceptors (Lipinski definition) is 3. The van der Waals surface area contributed by atoms with Crippen LogP contribution in [0.2, 0.25) is 0 Å². The minimum Gasteiger partial charge on any atom is -0.456 e. The fourth-order valence-corrected chi connectivity index (χ4v) is 2.68. The van der Waals surface area contributed by atoms with Crippen LogP contribution in [0.15, 0.2) is 42.5 Å². The number of rotatable bonds is 3. The largest absolute Gasteiger partial charge is 0.456 e. The van der Waals surface area contributed by atoms with Gasteiger partial charge < -0.3 is 4.74 Å². The van der Waals surface area contributed by atoms with Crippen LogP contribution in [-0.2, 0) is 9.53 Å². The van der Waals surface area contributed by atoms with Crippen molar-refractivity contribution in [2.75, 3.05) is 0 Å². The van der Waals surface area contributed by atoms with Gasteiger partial charge in [0.15, 0.2) is 5.78 Å². The van der Waals surface area contributed by atoms with E-state index in [0.29, 0.717) is 18.4 Å². The second-order valence-electron chi connectivity index (χ2n) is 5.74. The molecule has 1 aromatic rings. The molecule has 1 fully saturated rings. The van der Waals surface area contributed by atoms with Gasteiger partial charge in [-0.2, -0.15) is 0 Å². The molecular weight excluding hydrogens is 288 g/mol. The van der Waals surface area contributed by atoms with E-state index in [1.807, 2.05) is 13.0 Å². The average molecular weight is 307 g/mol. The van der Waals surface area contributed by atoms with E-state index in [0.717, 1.165) is 5.57 Å². The summed E-state index contributed by atoms with van der Waals surface area (Å²) >= 11 is 6.33. The SMILES string of the molecule is C=C(C)[C@@H]1CC(=O)[C@@](C)(Cl)[C@H](OC(=O)c2ccccc2)C1. The van der Waals surface area contributed by atoms with Crippen LogP contribution in [0.3, 0.4) is 0 Å². The van der Waals surface area contributed by atoms with Gasteiger partial charge >= 0.3 is 5.97 Å². The molecular formula is C17H19ClO3. The van der Waals surface area contributed by atoms with Gasteiger partial charge in [-0.1, -0.05) is 30.4 Å². The highest BCUT2D eigenvalue weighted by Crippen LogP contribution is 2.39. The second-order valence-corrected chi connectivity index (χ2v) is 6.53. The third kappa shape index (κ3) is 3.35. The summed E-state index contributed by atoms with van der Waals surface area (Å²) in [5.41, 5.74) is 1.37. The van der Waals surface area contributed by atoms with Gasteiger partial charge in [-0.15, -0.1) is 11.6 Å². The monoisotopic (exact) mass is 306 g/mol. The average Bonchev–Trinajstić information content (AvgIpc) is 2.44. The Morgan fingerprint density at radius 1 is 1.38 bits per heavy atom. The van der Waals surface area contributed by atoms with E-state index in [9.17, 15) is 9.59 Å². The van der Waals surface area contributed by atoms with Crippen LogP contribution in [-0.4, -0.2) is 22.7 Å². The van der Waals surface area contributed by atoms with Crippen molar-refractivity contribution in [2.24, 2.45) is 5.92 Å². The van der Waals surface area contributed by atoms with Crippen molar-refractivity contribution < 1.29 is 14.3 Å². The quantitative estimate of drug-likeness (QED) is 0.485. The predicted octanol–water partition coefficient (Wildman–Crippen LogP) is 3.76. The van der Waals surface area contributed by atoms with E-state index < -0.39 is 16.9 Å². The fraction of sp³-hybridized carbons (Fsp3) is 0.412. The number of carbonyl (C=O) groups excluding carboxylic acids is 2. The molecule has 3 nitrogen and oxygen atoms in total. The van der Waals surface area contributed by atoms with Gasteiger partial charge in [0.05, 0.1) is 5.56 Å². The maximum absolute atomic E-state index is 12.2. The van der Waals surface area contributed by atoms with E-state index in [2.05, 4.69) is 6.58 Å². The molecule has 0 aromatic heterocycles. The summed E-state index contributed by atoms with van der Waals surface area (Å²) in [7, 11) is 0. The molecule has 0 aliphatic heterocycles. The van der Waals surface area contributed by atoms with Crippen LogP contribution in [0.25, 0.3) is 0 Å². The summed E-state index contributed by atoms with van der Waals surface area (Å²) in [4.78, 5) is 23.2. The van der Waals surface area contributed by atoms with Crippen molar-refractivity contribution in [3.63, 3.8) is 0 Å². The third-order valence-corrected chi connectivity index (χ3v) is 4.49. The Morgan fingerprint density at radius 2 is 2.00 bits per heavy atom. The summed E-state index contributed by atoms with van der Waals surface area (Å²) in [6.45, 7) is 7.40. The lowest BCUT2D eigenvalue weighted by Crippen LogP contribution is -2.50. The van der Waals surface area contributed by atoms with Crippen molar-refractivity contribution >= 4 is 23.4 Å². The minimum absolute atomic E-state index is 0.0119. The van der Waals surface area contributed by atoms with E-state index in [4.69, 9.17) is 16.3 Å². The van der Waals surface area contributed by atoms with Crippen LogP contribution in [0.4, 0.5) is 0 Å². The molecule has 112 valence electrons. The number of halogens is 1. The zero-order valence-corrected chi connectivity index (χ0v) is 13.0. The molecule has 0 radical (unpaired) electrons. The fourth-order valence-electron chi connectivity index (χ4n) is 2.47. The Morgan fingerprint density at radius 3 is 2.57 bits per heavy atom. The first kappa shape index (κ1) is 15.8. The van der Waals surface area contributed by atoms with Gasteiger partial charge in [0.2, 0.25) is 0 Å². The van der Waals surface area contributed by atoms with Crippen LogP contribution < -0.4 is 0 Å². The number of carbonyl (C=O) groups is 2. The highest BCUT2D eigenvalue weighted by Gasteiger charge is 2.47. The van der Waals surface area contributed by atoms with Gasteiger partial charge in [0, 0.05) is 6.42 Å². The molecule has 0 saturated heterocycles. The maximum atomic E-state index is 12.2. The molecule has 0 spiro atoms. The molecule has 4 heteroatoms. The first-order valence-corrected chi connectivity index (χ1v) is 7.33. The van der Waals surface area contributed by atoms with Gasteiger partial charge in [0.1, 0.15) is 11.0 Å². The molecule has 2 rings (SSSR count). The lowest BCUT2D eigenvalue weighted by atomic mass is 9.76. The molecule has 21 heavy (non-hydrogen) atoms. The van der Waals surface area contributed by atoms with Crippen molar-refractivity contribution in [1.29, 1.82) is 0 Å². The maximum Gasteiger partial charge on any atom is 0.338 e. The number of Topliss-reactive ketones (excluding diaryl/α,β-unsaturated/α-hetero) is 1. The molecule has 1 aromatic carbocycles. The van der Waals surface area contributed by atoms with Crippen molar-refractivity contribution in [1.82, 2.24) is 0 Å². The smallest absolute Gasteiger partial charge is 0.338 e. The molecule has 0 bridgehead atoms. The summed E-state index contributed by atoms with van der Waals surface area (Å²) < 4.78 is 5.51. The number of esters is 1. The highest BCUT2D eigenvalue weighted by atomic mass is 35.5. The topological polar surface area (TPSA) is 43.4 Å². The minimum atomic E-state index is -1.17. The summed E-state index contributed by atoms with van der Waals surface area (Å²) in [6, 6.07) is 8.70. The van der Waals surface area contributed by atoms with Crippen LogP contribution >= 0.6 is 11.6 Å². The number of hydrogen-bond donors (Lipinski definition) is 0. The normalized spacial score (nSPS) is 29.0. The number of benzene rings is 1. The Bertz CT molecular complexity index is 563. The standard InChI is InChI=1S/C17H19ClO3/c1-11(2)13-9-14(19)17(3,18)15(10-13)21-16(20)12-7-5-4-6-8-12/h4-8,13,15H,1,9-10H2,2-3H3/t13-,15-,17-/m1/s1.